The number of nitrogens with zero attached hydrogens (tertiary/aromatic N) is 2. The van der Waals surface area contributed by atoms with Crippen molar-refractivity contribution in [3.05, 3.63) is 28.0 Å². The van der Waals surface area contributed by atoms with Gasteiger partial charge in [-0.1, -0.05) is 22.5 Å². The van der Waals surface area contributed by atoms with Gasteiger partial charge >= 0.3 is 0 Å². The van der Waals surface area contributed by atoms with Crippen molar-refractivity contribution >= 4 is 15.9 Å². The van der Waals surface area contributed by atoms with E-state index in [9.17, 15) is 0 Å². The molecule has 4 heteroatoms. The normalized spacial score (nSPS) is 12.9. The van der Waals surface area contributed by atoms with Crippen LogP contribution in [0.15, 0.2) is 11.1 Å². The second-order valence-electron chi connectivity index (χ2n) is 3.83. The first kappa shape index (κ1) is 12.5. The molecule has 0 aromatic carbocycles. The molecular weight excluding hydrogens is 254 g/mol. The summed E-state index contributed by atoms with van der Waals surface area (Å²) in [5.74, 6) is 0. The van der Waals surface area contributed by atoms with E-state index in [1.165, 1.54) is 11.3 Å². The summed E-state index contributed by atoms with van der Waals surface area (Å²) in [5.41, 5.74) is 3.59. The first-order valence-corrected chi connectivity index (χ1v) is 5.79. The Hall–Kier alpha value is -0.610. The largest absolute Gasteiger partial charge is 0.305 e. The number of hydrogen-bond donors (Lipinski definition) is 1. The molecule has 1 atom stereocenters. The maximum Gasteiger partial charge on any atom is 0.0644 e. The quantitative estimate of drug-likeness (QED) is 0.913. The van der Waals surface area contributed by atoms with Crippen LogP contribution in [0, 0.1) is 13.8 Å². The van der Waals surface area contributed by atoms with E-state index in [4.69, 9.17) is 0 Å². The molecule has 0 aliphatic carbocycles. The number of nitrogens with one attached hydrogen (secondary N) is 1. The summed E-state index contributed by atoms with van der Waals surface area (Å²) >= 11 is 3.34. The van der Waals surface area contributed by atoms with E-state index in [1.54, 1.807) is 0 Å². The molecule has 0 fully saturated rings. The lowest BCUT2D eigenvalue weighted by atomic mass is 10.1. The number of aryl methyl sites for hydroxylation is 2. The number of hydrogen-bond acceptors (Lipinski definition) is 2. The monoisotopic (exact) mass is 271 g/mol. The van der Waals surface area contributed by atoms with Crippen molar-refractivity contribution in [2.45, 2.75) is 26.8 Å². The molecule has 15 heavy (non-hydrogen) atoms. The SMILES string of the molecule is C=C(Br)CNC(C)c1c(C)nn(C)c1C. The molecule has 0 spiro atoms. The number of aromatic nitrogens is 2. The molecule has 1 rings (SSSR count). The van der Waals surface area contributed by atoms with E-state index in [1.807, 2.05) is 18.7 Å². The van der Waals surface area contributed by atoms with Crippen LogP contribution < -0.4 is 5.32 Å². The highest BCUT2D eigenvalue weighted by molar-refractivity contribution is 9.11. The number of rotatable bonds is 4. The first-order valence-electron chi connectivity index (χ1n) is 5.00. The zero-order chi connectivity index (χ0) is 11.6. The van der Waals surface area contributed by atoms with Crippen molar-refractivity contribution in [3.63, 3.8) is 0 Å². The Morgan fingerprint density at radius 2 is 2.20 bits per heavy atom. The summed E-state index contributed by atoms with van der Waals surface area (Å²) in [6, 6.07) is 0.299. The van der Waals surface area contributed by atoms with Crippen LogP contribution in [-0.4, -0.2) is 16.3 Å². The Balaban J connectivity index is 2.81. The van der Waals surface area contributed by atoms with Gasteiger partial charge in [0, 0.05) is 35.4 Å². The third-order valence-corrected chi connectivity index (χ3v) is 2.88. The Morgan fingerprint density at radius 3 is 2.60 bits per heavy atom. The fourth-order valence-electron chi connectivity index (χ4n) is 1.78. The summed E-state index contributed by atoms with van der Waals surface area (Å²) < 4.78 is 2.89. The van der Waals surface area contributed by atoms with Gasteiger partial charge in [-0.05, 0) is 20.8 Å². The van der Waals surface area contributed by atoms with E-state index in [0.717, 1.165) is 16.7 Å². The van der Waals surface area contributed by atoms with E-state index in [-0.39, 0.29) is 0 Å². The maximum absolute atomic E-state index is 4.40. The summed E-state index contributed by atoms with van der Waals surface area (Å²) in [5, 5.41) is 7.79. The first-order chi connectivity index (χ1) is 6.93. The molecule has 1 aromatic rings. The molecule has 0 amide bonds. The van der Waals surface area contributed by atoms with Crippen molar-refractivity contribution < 1.29 is 0 Å². The van der Waals surface area contributed by atoms with Crippen LogP contribution in [-0.2, 0) is 7.05 Å². The van der Waals surface area contributed by atoms with Crippen molar-refractivity contribution in [2.75, 3.05) is 6.54 Å². The Bertz CT molecular complexity index is 368. The minimum absolute atomic E-state index is 0.299. The van der Waals surface area contributed by atoms with Crippen LogP contribution in [0.3, 0.4) is 0 Å². The fourth-order valence-corrected chi connectivity index (χ4v) is 1.94. The van der Waals surface area contributed by atoms with Gasteiger partial charge in [0.25, 0.3) is 0 Å². The van der Waals surface area contributed by atoms with Crippen molar-refractivity contribution in [1.29, 1.82) is 0 Å². The summed E-state index contributed by atoms with van der Waals surface area (Å²) in [4.78, 5) is 0. The summed E-state index contributed by atoms with van der Waals surface area (Å²) in [6.07, 6.45) is 0. The molecule has 1 aromatic heterocycles. The molecule has 0 saturated heterocycles. The van der Waals surface area contributed by atoms with Crippen LogP contribution in [0.5, 0.6) is 0 Å². The standard InChI is InChI=1S/C11H18BrN3/c1-7(12)6-13-8(2)11-9(3)14-15(5)10(11)4/h8,13H,1,6H2,2-5H3. The second-order valence-corrected chi connectivity index (χ2v) is 4.95. The maximum atomic E-state index is 4.40. The van der Waals surface area contributed by atoms with Gasteiger partial charge in [0.15, 0.2) is 0 Å². The van der Waals surface area contributed by atoms with Gasteiger partial charge in [-0.15, -0.1) is 0 Å². The van der Waals surface area contributed by atoms with Crippen molar-refractivity contribution in [2.24, 2.45) is 7.05 Å². The van der Waals surface area contributed by atoms with Gasteiger partial charge in [0.05, 0.1) is 5.69 Å². The van der Waals surface area contributed by atoms with Gasteiger partial charge in [-0.3, -0.25) is 4.68 Å². The van der Waals surface area contributed by atoms with Crippen LogP contribution in [0.4, 0.5) is 0 Å². The van der Waals surface area contributed by atoms with Gasteiger partial charge in [-0.2, -0.15) is 5.10 Å². The van der Waals surface area contributed by atoms with Gasteiger partial charge in [0.1, 0.15) is 0 Å². The lowest BCUT2D eigenvalue weighted by Crippen LogP contribution is -2.20. The predicted octanol–water partition coefficient (Wildman–Crippen LogP) is 2.60. The zero-order valence-corrected chi connectivity index (χ0v) is 11.3. The van der Waals surface area contributed by atoms with Crippen LogP contribution >= 0.6 is 15.9 Å². The van der Waals surface area contributed by atoms with Gasteiger partial charge < -0.3 is 5.32 Å². The Morgan fingerprint density at radius 1 is 1.60 bits per heavy atom. The molecule has 84 valence electrons. The number of halogens is 1. The molecular formula is C11H18BrN3. The van der Waals surface area contributed by atoms with E-state index < -0.39 is 0 Å². The lowest BCUT2D eigenvalue weighted by Gasteiger charge is -2.14. The third kappa shape index (κ3) is 2.92. The van der Waals surface area contributed by atoms with E-state index in [2.05, 4.69) is 46.8 Å². The fraction of sp³-hybridized carbons (Fsp3) is 0.545. The minimum Gasteiger partial charge on any atom is -0.305 e. The molecule has 0 aliphatic heterocycles. The topological polar surface area (TPSA) is 29.9 Å². The molecule has 0 saturated carbocycles. The van der Waals surface area contributed by atoms with E-state index >= 15 is 0 Å². The highest BCUT2D eigenvalue weighted by Crippen LogP contribution is 2.20. The average molecular weight is 272 g/mol. The Labute approximate surface area is 99.7 Å². The van der Waals surface area contributed by atoms with Crippen LogP contribution in [0.25, 0.3) is 0 Å². The smallest absolute Gasteiger partial charge is 0.0644 e. The average Bonchev–Trinajstić information content (AvgIpc) is 2.37. The third-order valence-electron chi connectivity index (χ3n) is 2.60. The Kier molecular flexibility index (Phi) is 4.11. The van der Waals surface area contributed by atoms with Gasteiger partial charge in [-0.25, -0.2) is 0 Å². The summed E-state index contributed by atoms with van der Waals surface area (Å²) in [7, 11) is 1.97. The van der Waals surface area contributed by atoms with Crippen molar-refractivity contribution in [1.82, 2.24) is 15.1 Å². The van der Waals surface area contributed by atoms with Crippen LogP contribution in [0.1, 0.15) is 29.9 Å². The predicted molar refractivity (Wildman–Crippen MR) is 67.2 cm³/mol. The molecule has 1 N–H and O–H groups in total. The van der Waals surface area contributed by atoms with E-state index in [0.29, 0.717) is 6.04 Å². The van der Waals surface area contributed by atoms with Crippen LogP contribution in [0.2, 0.25) is 0 Å². The lowest BCUT2D eigenvalue weighted by molar-refractivity contribution is 0.608. The molecule has 0 bridgehead atoms. The molecule has 1 heterocycles. The van der Waals surface area contributed by atoms with Gasteiger partial charge in [0.2, 0.25) is 0 Å². The van der Waals surface area contributed by atoms with Crippen molar-refractivity contribution in [3.8, 4) is 0 Å². The molecule has 0 aliphatic rings. The highest BCUT2D eigenvalue weighted by atomic mass is 79.9. The second kappa shape index (κ2) is 4.94. The molecule has 3 nitrogen and oxygen atoms in total. The molecule has 0 radical (unpaired) electrons. The molecule has 1 unspecified atom stereocenters. The zero-order valence-electron chi connectivity index (χ0n) is 9.76. The highest BCUT2D eigenvalue weighted by Gasteiger charge is 2.15. The summed E-state index contributed by atoms with van der Waals surface area (Å²) in [6.45, 7) is 10.9. The minimum atomic E-state index is 0.299.